The number of benzene rings is 6. The standard InChI is InChI=1S/C43H49N2O6P.C13H14O4.C11H8O3/c1-30(2)45(31(3)4)52(49-26-11-25-44)51-40(39-29-42(46)50-41-28-33(6)16-23-38(39)41)24-27-48-43(34-12-9-8-10-13-34,35-17-14-32(5)15-18-35)36-19-21-37(47-7)22-20-36;1-8-2-3-9-10(11(15)4-5-14)7-13(16)17-12(9)6-8;1-7-2-3-9-8(6-12)5-11(13)14-10(9)4-7/h8-10,12-23,28-31,40H,11,24,26-27H2,1-7H3;2-3,6-7,11,14-15H,4-5H2,1H3;2-6H,1H3. The predicted molar refractivity (Wildman–Crippen MR) is 324 cm³/mol. The second-order valence-corrected chi connectivity index (χ2v) is 22.0. The molecule has 0 fully saturated rings. The Morgan fingerprint density at radius 1 is 0.614 bits per heavy atom. The van der Waals surface area contributed by atoms with Crippen molar-refractivity contribution in [3.63, 3.8) is 0 Å². The third kappa shape index (κ3) is 15.8. The molecule has 15 nitrogen and oxygen atoms in total. The average molecular weight is 1140 g/mol. The monoisotopic (exact) mass is 1140 g/mol. The molecule has 0 saturated heterocycles. The Hall–Kier alpha value is -7.90. The third-order valence-electron chi connectivity index (χ3n) is 13.7. The van der Waals surface area contributed by atoms with E-state index in [-0.39, 0.29) is 44.7 Å². The van der Waals surface area contributed by atoms with Crippen molar-refractivity contribution in [2.45, 2.75) is 105 Å². The number of fused-ring (bicyclic) bond motifs is 3. The Morgan fingerprint density at radius 2 is 1.10 bits per heavy atom. The van der Waals surface area contributed by atoms with Crippen LogP contribution in [0.2, 0.25) is 0 Å². The highest BCUT2D eigenvalue weighted by Gasteiger charge is 2.39. The van der Waals surface area contributed by atoms with Gasteiger partial charge in [0.05, 0.1) is 45.0 Å². The summed E-state index contributed by atoms with van der Waals surface area (Å²) in [6, 6.07) is 49.7. The summed E-state index contributed by atoms with van der Waals surface area (Å²) in [6.07, 6.45) is 0.00286. The first kappa shape index (κ1) is 62.7. The summed E-state index contributed by atoms with van der Waals surface area (Å²) in [4.78, 5) is 46.2. The minimum Gasteiger partial charge on any atom is -0.497 e. The lowest BCUT2D eigenvalue weighted by Crippen LogP contribution is -2.35. The van der Waals surface area contributed by atoms with E-state index in [1.807, 2.05) is 99.6 Å². The number of ether oxygens (including phenoxy) is 2. The maximum Gasteiger partial charge on any atom is 0.336 e. The van der Waals surface area contributed by atoms with Crippen LogP contribution in [0.4, 0.5) is 0 Å². The molecule has 0 bridgehead atoms. The van der Waals surface area contributed by atoms with Gasteiger partial charge in [0, 0.05) is 71.5 Å². The highest BCUT2D eigenvalue weighted by atomic mass is 31.2. The molecule has 0 radical (unpaired) electrons. The van der Waals surface area contributed by atoms with Gasteiger partial charge in [-0.15, -0.1) is 0 Å². The minimum atomic E-state index is -1.65. The summed E-state index contributed by atoms with van der Waals surface area (Å²) >= 11 is 0. The quantitative estimate of drug-likeness (QED) is 0.0225. The molecule has 0 amide bonds. The van der Waals surface area contributed by atoms with Gasteiger partial charge in [0.25, 0.3) is 8.53 Å². The van der Waals surface area contributed by atoms with Crippen molar-refractivity contribution in [2.75, 3.05) is 26.9 Å². The topological polar surface area (TPSA) is 212 Å². The van der Waals surface area contributed by atoms with Gasteiger partial charge < -0.3 is 42.0 Å². The van der Waals surface area contributed by atoms with Crippen LogP contribution in [0.3, 0.4) is 0 Å². The van der Waals surface area contributed by atoms with Crippen LogP contribution in [0, 0.1) is 39.0 Å². The Morgan fingerprint density at radius 3 is 1.61 bits per heavy atom. The first-order chi connectivity index (χ1) is 39.9. The number of rotatable bonds is 21. The first-order valence-electron chi connectivity index (χ1n) is 27.4. The van der Waals surface area contributed by atoms with E-state index >= 15 is 0 Å². The SMILES string of the molecule is COc1ccc(C(OCCC(OP(OCCC#N)N(C(C)C)C(C)C)c2cc(=O)oc3cc(C)ccc23)(c2ccccc2)c2ccc(C)cc2)cc1.Cc1ccc2c(C(O)CCO)cc(=O)oc2c1.Cc1ccc2c(C=O)cc(=O)oc2c1. The zero-order valence-electron chi connectivity index (χ0n) is 48.3. The fourth-order valence-corrected chi connectivity index (χ4v) is 11.6. The van der Waals surface area contributed by atoms with E-state index in [4.69, 9.17) is 36.9 Å². The molecule has 16 heteroatoms. The van der Waals surface area contributed by atoms with Gasteiger partial charge in [0.2, 0.25) is 0 Å². The van der Waals surface area contributed by atoms with Crippen LogP contribution in [-0.2, 0) is 19.4 Å². The Balaban J connectivity index is 0.000000255. The van der Waals surface area contributed by atoms with Gasteiger partial charge in [-0.3, -0.25) is 4.79 Å². The number of hydrogen-bond acceptors (Lipinski definition) is 15. The van der Waals surface area contributed by atoms with E-state index < -0.39 is 43.2 Å². The molecule has 9 rings (SSSR count). The van der Waals surface area contributed by atoms with Crippen LogP contribution in [0.5, 0.6) is 5.75 Å². The Kier molecular flexibility index (Phi) is 22.2. The van der Waals surface area contributed by atoms with Crippen LogP contribution in [-0.4, -0.2) is 60.2 Å². The molecule has 4 atom stereocenters. The van der Waals surface area contributed by atoms with E-state index in [0.29, 0.717) is 56.9 Å². The van der Waals surface area contributed by atoms with Crippen LogP contribution in [0.25, 0.3) is 32.9 Å². The van der Waals surface area contributed by atoms with Gasteiger partial charge in [-0.05, 0) is 130 Å². The lowest BCUT2D eigenvalue weighted by molar-refractivity contribution is -0.00434. The van der Waals surface area contributed by atoms with E-state index in [9.17, 15) is 29.5 Å². The summed E-state index contributed by atoms with van der Waals surface area (Å²) in [6.45, 7) is 16.6. The highest BCUT2D eigenvalue weighted by molar-refractivity contribution is 7.44. The largest absolute Gasteiger partial charge is 0.497 e. The summed E-state index contributed by atoms with van der Waals surface area (Å²) in [5.41, 5.74) is 7.53. The van der Waals surface area contributed by atoms with E-state index in [0.717, 1.165) is 50.1 Å². The van der Waals surface area contributed by atoms with E-state index in [1.54, 1.807) is 25.3 Å². The molecule has 0 spiro atoms. The smallest absolute Gasteiger partial charge is 0.336 e. The van der Waals surface area contributed by atoms with Crippen molar-refractivity contribution in [3.8, 4) is 11.8 Å². The second kappa shape index (κ2) is 29.4. The summed E-state index contributed by atoms with van der Waals surface area (Å²) < 4.78 is 44.1. The summed E-state index contributed by atoms with van der Waals surface area (Å²) in [7, 11) is 0.00236. The predicted octanol–water partition coefficient (Wildman–Crippen LogP) is 13.6. The molecule has 432 valence electrons. The average Bonchev–Trinajstić information content (AvgIpc) is 3.66. The molecule has 3 aromatic heterocycles. The van der Waals surface area contributed by atoms with Crippen LogP contribution >= 0.6 is 8.53 Å². The number of methoxy groups -OCH3 is 1. The molecule has 83 heavy (non-hydrogen) atoms. The maximum absolute atomic E-state index is 13.1. The van der Waals surface area contributed by atoms with Gasteiger partial charge in [-0.1, -0.05) is 109 Å². The number of hydrogen-bond donors (Lipinski definition) is 2. The normalized spacial score (nSPS) is 13.2. The van der Waals surface area contributed by atoms with Crippen molar-refractivity contribution in [3.05, 3.63) is 239 Å². The maximum atomic E-state index is 13.1. The molecular weight excluding hydrogens is 1070 g/mol. The molecule has 0 saturated carbocycles. The first-order valence-corrected chi connectivity index (χ1v) is 28.6. The van der Waals surface area contributed by atoms with Crippen molar-refractivity contribution in [1.82, 2.24) is 4.67 Å². The van der Waals surface area contributed by atoms with E-state index in [1.165, 1.54) is 18.2 Å². The fraction of sp³-hybridized carbons (Fsp3) is 0.299. The molecule has 0 aliphatic carbocycles. The summed E-state index contributed by atoms with van der Waals surface area (Å²) in [5, 5.41) is 30.2. The summed E-state index contributed by atoms with van der Waals surface area (Å²) in [5.74, 6) is 0.748. The van der Waals surface area contributed by atoms with Crippen molar-refractivity contribution in [2.24, 2.45) is 0 Å². The second-order valence-electron chi connectivity index (χ2n) is 20.6. The third-order valence-corrected chi connectivity index (χ3v) is 15.9. The van der Waals surface area contributed by atoms with Gasteiger partial charge in [0.15, 0.2) is 6.29 Å². The number of aliphatic hydroxyl groups is 2. The van der Waals surface area contributed by atoms with Crippen molar-refractivity contribution in [1.29, 1.82) is 5.26 Å². The molecule has 4 unspecified atom stereocenters. The van der Waals surface area contributed by atoms with Crippen LogP contribution in [0.15, 0.2) is 179 Å². The zero-order valence-corrected chi connectivity index (χ0v) is 49.2. The van der Waals surface area contributed by atoms with E-state index in [2.05, 4.69) is 81.8 Å². The fourth-order valence-electron chi connectivity index (χ4n) is 9.83. The number of carbonyl (C=O) groups excluding carboxylic acids is 1. The number of aliphatic hydroxyl groups excluding tert-OH is 2. The Labute approximate surface area is 484 Å². The number of aryl methyl sites for hydroxylation is 4. The van der Waals surface area contributed by atoms with Gasteiger partial charge >= 0.3 is 16.9 Å². The number of carbonyl (C=O) groups is 1. The zero-order chi connectivity index (χ0) is 59.8. The highest BCUT2D eigenvalue weighted by Crippen LogP contribution is 2.51. The van der Waals surface area contributed by atoms with Gasteiger partial charge in [-0.25, -0.2) is 19.1 Å². The number of nitrogens with zero attached hydrogens (tertiary/aromatic N) is 2. The van der Waals surface area contributed by atoms with Gasteiger partial charge in [0.1, 0.15) is 28.1 Å². The number of aldehydes is 1. The minimum absolute atomic E-state index is 0.0904. The van der Waals surface area contributed by atoms with Crippen molar-refractivity contribution >= 4 is 47.7 Å². The molecule has 0 aliphatic rings. The lowest BCUT2D eigenvalue weighted by Gasteiger charge is -2.38. The Bertz CT molecular complexity index is 3830. The molecular formula is C67H71N2O13P. The molecule has 9 aromatic rings. The van der Waals surface area contributed by atoms with Crippen molar-refractivity contribution < 1.29 is 46.8 Å². The molecule has 3 heterocycles. The molecule has 0 aliphatic heterocycles. The number of nitriles is 1. The molecule has 6 aromatic carbocycles. The lowest BCUT2D eigenvalue weighted by atomic mass is 9.79. The van der Waals surface area contributed by atoms with Gasteiger partial charge in [-0.2, -0.15) is 5.26 Å². The molecule has 2 N–H and O–H groups in total. The van der Waals surface area contributed by atoms with Crippen LogP contribution in [0.1, 0.15) is 120 Å². The van der Waals surface area contributed by atoms with Crippen LogP contribution < -0.4 is 21.6 Å².